The third kappa shape index (κ3) is 5.60. The third-order valence-corrected chi connectivity index (χ3v) is 9.91. The number of fused-ring (bicyclic) bond motifs is 4. The molecule has 0 aromatic carbocycles. The van der Waals surface area contributed by atoms with Crippen LogP contribution in [0.3, 0.4) is 0 Å². The molecule has 2 bridgehead atoms. The van der Waals surface area contributed by atoms with Gasteiger partial charge in [0.05, 0.1) is 25.2 Å². The number of aromatic amines is 1. The topological polar surface area (TPSA) is 254 Å². The Morgan fingerprint density at radius 2 is 1.95 bits per heavy atom. The van der Waals surface area contributed by atoms with E-state index in [9.17, 15) is 19.4 Å². The zero-order valence-electron chi connectivity index (χ0n) is 20.9. The summed E-state index contributed by atoms with van der Waals surface area (Å²) in [6.07, 6.45) is -9.32. The highest BCUT2D eigenvalue weighted by Crippen LogP contribution is 2.58. The molecule has 6 heterocycles. The first-order valence-corrected chi connectivity index (χ1v) is 17.3. The lowest BCUT2D eigenvalue weighted by Crippen LogP contribution is -2.34. The van der Waals surface area contributed by atoms with E-state index in [1.54, 1.807) is 0 Å². The molecule has 3 aromatic rings. The number of halogens is 1. The first kappa shape index (κ1) is 29.9. The zero-order valence-corrected chi connectivity index (χ0v) is 24.4. The maximum atomic E-state index is 15.9. The molecule has 1 amide bonds. The summed E-state index contributed by atoms with van der Waals surface area (Å²) >= 11 is 9.13. The summed E-state index contributed by atoms with van der Waals surface area (Å²) in [5, 5.41) is 17.3. The number of nitrogens with one attached hydrogen (secondary N) is 1. The van der Waals surface area contributed by atoms with Crippen molar-refractivity contribution in [3.8, 4) is 0 Å². The molecule has 0 spiro atoms. The summed E-state index contributed by atoms with van der Waals surface area (Å²) in [4.78, 5) is 34.4. The largest absolute Gasteiger partial charge is 0.387 e. The molecule has 3 aliphatic heterocycles. The number of carbonyl (C=O) groups excluding carboxylic acids is 1. The number of ether oxygens (including phenoxy) is 2. The number of hydrogen-bond donors (Lipinski definition) is 6. The molecule has 10 atom stereocenters. The average Bonchev–Trinajstić information content (AvgIpc) is 3.69. The SMILES string of the molecule is NC(=O)c1cc([C@@H]2O[C@@H]3COP(O)(=S)O[C@@H]4C(COP(=O)(S)O[C@@H]2[C@@H]3O)O[C@@H](n2cnc3c(N)ncnc32)[C@@H]4F)[nH]n1. The maximum Gasteiger partial charge on any atom is 0.386 e. The van der Waals surface area contributed by atoms with Crippen LogP contribution in [0.2, 0.25) is 0 Å². The van der Waals surface area contributed by atoms with Crippen LogP contribution in [-0.4, -0.2) is 95.5 Å². The Bertz CT molecular complexity index is 1620. The number of rotatable bonds is 3. The smallest absolute Gasteiger partial charge is 0.386 e. The Hall–Kier alpha value is -2.13. The van der Waals surface area contributed by atoms with Crippen molar-refractivity contribution in [2.24, 2.45) is 5.73 Å². The lowest BCUT2D eigenvalue weighted by atomic mass is 10.1. The number of carbonyl (C=O) groups is 1. The highest BCUT2D eigenvalue weighted by atomic mass is 32.7. The van der Waals surface area contributed by atoms with E-state index in [0.29, 0.717) is 0 Å². The quantitative estimate of drug-likeness (QED) is 0.159. The van der Waals surface area contributed by atoms with E-state index >= 15 is 4.39 Å². The number of amides is 1. The van der Waals surface area contributed by atoms with Gasteiger partial charge >= 0.3 is 13.5 Å². The van der Waals surface area contributed by atoms with Crippen LogP contribution in [0.25, 0.3) is 11.2 Å². The Morgan fingerprint density at radius 3 is 2.69 bits per heavy atom. The summed E-state index contributed by atoms with van der Waals surface area (Å²) in [6.45, 7) is -9.75. The monoisotopic (exact) mass is 668 g/mol. The van der Waals surface area contributed by atoms with Crippen molar-refractivity contribution in [2.45, 2.75) is 49.0 Å². The number of nitrogen functional groups attached to an aromatic ring is 1. The summed E-state index contributed by atoms with van der Waals surface area (Å²) < 4.78 is 64.1. The molecule has 3 aromatic heterocycles. The number of aliphatic hydroxyl groups excluding tert-OH is 1. The highest BCUT2D eigenvalue weighted by Gasteiger charge is 2.53. The number of hydrogen-bond acceptors (Lipinski definition) is 15. The van der Waals surface area contributed by atoms with Gasteiger partial charge in [-0.1, -0.05) is 12.2 Å². The molecule has 18 nitrogen and oxygen atoms in total. The van der Waals surface area contributed by atoms with E-state index < -0.39 is 81.7 Å². The van der Waals surface area contributed by atoms with Crippen LogP contribution < -0.4 is 11.5 Å². The molecule has 6 rings (SSSR count). The number of nitrogens with two attached hydrogens (primary N) is 2. The molecule has 0 aliphatic carbocycles. The molecule has 0 saturated carbocycles. The number of nitrogens with zero attached hydrogens (tertiary/aromatic N) is 5. The fraction of sp³-hybridized carbons (Fsp3) is 0.526. The lowest BCUT2D eigenvalue weighted by Gasteiger charge is -2.26. The van der Waals surface area contributed by atoms with Gasteiger partial charge in [-0.15, -0.1) is 0 Å². The van der Waals surface area contributed by atoms with Crippen LogP contribution in [0, 0.1) is 0 Å². The molecule has 7 N–H and O–H groups in total. The van der Waals surface area contributed by atoms with Gasteiger partial charge < -0.3 is 35.5 Å². The Balaban J connectivity index is 1.29. The number of imidazole rings is 1. The predicted octanol–water partition coefficient (Wildman–Crippen LogP) is 0.0389. The number of alkyl halides is 1. The molecule has 228 valence electrons. The number of aromatic nitrogens is 6. The van der Waals surface area contributed by atoms with Crippen molar-refractivity contribution in [2.75, 3.05) is 18.9 Å². The van der Waals surface area contributed by atoms with E-state index in [-0.39, 0.29) is 28.4 Å². The van der Waals surface area contributed by atoms with Crippen molar-refractivity contribution < 1.29 is 51.3 Å². The second-order valence-corrected chi connectivity index (χ2v) is 15.1. The minimum atomic E-state index is -4.34. The predicted molar refractivity (Wildman–Crippen MR) is 144 cm³/mol. The van der Waals surface area contributed by atoms with Crippen LogP contribution in [0.15, 0.2) is 18.7 Å². The van der Waals surface area contributed by atoms with Crippen LogP contribution in [0.4, 0.5) is 10.2 Å². The Morgan fingerprint density at radius 1 is 1.19 bits per heavy atom. The second-order valence-electron chi connectivity index (χ2n) is 9.42. The number of H-pyrrole nitrogens is 1. The minimum Gasteiger partial charge on any atom is -0.387 e. The van der Waals surface area contributed by atoms with E-state index in [0.717, 1.165) is 6.33 Å². The highest BCUT2D eigenvalue weighted by molar-refractivity contribution is 8.44. The fourth-order valence-electron chi connectivity index (χ4n) is 4.79. The van der Waals surface area contributed by atoms with E-state index in [1.807, 2.05) is 0 Å². The van der Waals surface area contributed by atoms with E-state index in [4.69, 9.17) is 50.8 Å². The van der Waals surface area contributed by atoms with Gasteiger partial charge in [-0.05, 0) is 17.9 Å². The average molecular weight is 669 g/mol. The van der Waals surface area contributed by atoms with Gasteiger partial charge in [0.15, 0.2) is 23.9 Å². The second kappa shape index (κ2) is 11.1. The Labute approximate surface area is 245 Å². The number of thiol groups is 1. The molecule has 3 saturated heterocycles. The van der Waals surface area contributed by atoms with Crippen molar-refractivity contribution in [3.63, 3.8) is 0 Å². The molecule has 0 radical (unpaired) electrons. The summed E-state index contributed by atoms with van der Waals surface area (Å²) in [5.41, 5.74) is 11.4. The van der Waals surface area contributed by atoms with Crippen LogP contribution in [0.1, 0.15) is 28.5 Å². The van der Waals surface area contributed by atoms with Crippen molar-refractivity contribution in [1.29, 1.82) is 0 Å². The molecule has 42 heavy (non-hydrogen) atoms. The molecule has 23 heteroatoms. The number of primary amides is 1. The first-order chi connectivity index (χ1) is 19.8. The lowest BCUT2D eigenvalue weighted by molar-refractivity contribution is -0.0470. The van der Waals surface area contributed by atoms with Crippen LogP contribution in [0.5, 0.6) is 0 Å². The van der Waals surface area contributed by atoms with Crippen LogP contribution in [-0.2, 0) is 43.9 Å². The van der Waals surface area contributed by atoms with Crippen molar-refractivity contribution in [1.82, 2.24) is 29.7 Å². The molecular weight excluding hydrogens is 645 g/mol. The standard InChI is InChI=1S/C19H23FN8O10P2S2/c20-10-14-9(36-19(10)28-5-25-11-16(21)23-4-24-18(11)28)3-34-40(32,42)38-15-12(29)8(2-33-39(31,41)37-14)35-13(15)6-1-7(17(22)30)27-26-6/h1,4-5,8-10,12-15,19,29H,2-3H2,(H2,22,30)(H,26,27)(H,31,41)(H,32,42)(H2,21,23,24)/t8-,9?,10-,12-,13+,14-,15-,19-,39?,40?/m1/s1. The first-order valence-electron chi connectivity index (χ1n) is 12.1. The van der Waals surface area contributed by atoms with Gasteiger partial charge in [0.1, 0.15) is 54.2 Å². The third-order valence-electron chi connectivity index (χ3n) is 6.74. The molecule has 3 aliphatic rings. The maximum absolute atomic E-state index is 15.9. The molecule has 3 fully saturated rings. The normalized spacial score (nSPS) is 39.3. The van der Waals surface area contributed by atoms with E-state index in [2.05, 4.69) is 37.4 Å². The fourth-order valence-corrected chi connectivity index (χ4v) is 7.69. The van der Waals surface area contributed by atoms with Gasteiger partial charge in [-0.2, -0.15) is 5.10 Å². The summed E-state index contributed by atoms with van der Waals surface area (Å²) in [6, 6.07) is 1.25. The zero-order chi connectivity index (χ0) is 30.0. The van der Waals surface area contributed by atoms with Gasteiger partial charge in [0, 0.05) is 0 Å². The summed E-state index contributed by atoms with van der Waals surface area (Å²) in [5.74, 6) is -0.785. The van der Waals surface area contributed by atoms with Gasteiger partial charge in [0.25, 0.3) is 5.91 Å². The van der Waals surface area contributed by atoms with Gasteiger partial charge in [-0.3, -0.25) is 28.0 Å². The molecule has 3 unspecified atom stereocenters. The number of aliphatic hydroxyl groups is 1. The van der Waals surface area contributed by atoms with Gasteiger partial charge in [-0.25, -0.2) is 23.9 Å². The van der Waals surface area contributed by atoms with E-state index in [1.165, 1.54) is 17.0 Å². The minimum absolute atomic E-state index is 0.0556. The van der Waals surface area contributed by atoms with Gasteiger partial charge in [0.2, 0.25) is 0 Å². The molecular formula is C19H23FN8O10P2S2. The van der Waals surface area contributed by atoms with Crippen molar-refractivity contribution >= 4 is 60.5 Å². The Kier molecular flexibility index (Phi) is 7.91. The number of anilines is 1. The van der Waals surface area contributed by atoms with Crippen LogP contribution >= 0.6 is 25.8 Å². The summed E-state index contributed by atoms with van der Waals surface area (Å²) in [7, 11) is 0. The van der Waals surface area contributed by atoms with Crippen molar-refractivity contribution in [3.05, 3.63) is 30.1 Å².